The van der Waals surface area contributed by atoms with E-state index < -0.39 is 20.8 Å². The van der Waals surface area contributed by atoms with Crippen LogP contribution in [0, 0.1) is 31.6 Å². The quantitative estimate of drug-likeness (QED) is 0.392. The predicted octanol–water partition coefficient (Wildman–Crippen LogP) is 6.77. The summed E-state index contributed by atoms with van der Waals surface area (Å²) in [6, 6.07) is 17.6. The second-order valence-corrected chi connectivity index (χ2v) is 10.1. The molecular weight excluding hydrogens is 414 g/mol. The molecule has 0 bridgehead atoms. The van der Waals surface area contributed by atoms with E-state index in [9.17, 15) is 0 Å². The topological polar surface area (TPSA) is 0 Å². The van der Waals surface area contributed by atoms with Crippen LogP contribution < -0.4 is 0 Å². The number of hydrogen-bond donors (Lipinski definition) is 0. The first-order valence-corrected chi connectivity index (χ1v) is 14.2. The monoisotopic (exact) mass is 430 g/mol. The molecule has 0 N–H and O–H groups in total. The Morgan fingerprint density at radius 3 is 1.67 bits per heavy atom. The molecule has 0 atom stereocenters. The number of hydrogen-bond acceptors (Lipinski definition) is 0. The van der Waals surface area contributed by atoms with Gasteiger partial charge < -0.3 is 0 Å². The number of halogens is 2. The summed E-state index contributed by atoms with van der Waals surface area (Å²) in [5.41, 5.74) is 1.45. The normalized spacial score (nSPS) is 15.3. The summed E-state index contributed by atoms with van der Waals surface area (Å²) in [4.78, 5) is 0. The van der Waals surface area contributed by atoms with Crippen molar-refractivity contribution in [1.82, 2.24) is 0 Å². The molecule has 24 heavy (non-hydrogen) atoms. The summed E-state index contributed by atoms with van der Waals surface area (Å²) in [5.74, 6) is 1.38. The third kappa shape index (κ3) is 3.37. The van der Waals surface area contributed by atoms with Crippen molar-refractivity contribution in [3.63, 3.8) is 0 Å². The van der Waals surface area contributed by atoms with Gasteiger partial charge in [-0.05, 0) is 37.0 Å². The molecule has 1 saturated carbocycles. The van der Waals surface area contributed by atoms with Gasteiger partial charge in [0, 0.05) is 0 Å². The number of rotatable bonds is 2. The van der Waals surface area contributed by atoms with Crippen LogP contribution in [-0.2, 0) is 26.3 Å². The standard InChI is InChI=1S/C21H18.2ClH.Zr/c1-21(2,15-9-3-4-10-15)20-18-13-7-5-11-16(18)17-12-6-8-14-19(17)20;;;/h3-14H,1-2H3;2*1H;/q-1;;;+4/p-2. The molecule has 0 unspecified atom stereocenters. The van der Waals surface area contributed by atoms with Crippen LogP contribution in [-0.4, -0.2) is 0 Å². The molecular formula is C21H18Cl2Zr+. The van der Waals surface area contributed by atoms with Crippen LogP contribution in [0.15, 0.2) is 48.5 Å². The average Bonchev–Trinajstić information content (AvgIpc) is 3.22. The third-order valence-corrected chi connectivity index (χ3v) is 4.69. The van der Waals surface area contributed by atoms with Gasteiger partial charge >= 0.3 is 37.9 Å². The van der Waals surface area contributed by atoms with Gasteiger partial charge in [0.2, 0.25) is 0 Å². The third-order valence-electron chi connectivity index (χ3n) is 4.69. The van der Waals surface area contributed by atoms with Gasteiger partial charge in [-0.2, -0.15) is 0 Å². The Kier molecular flexibility index (Phi) is 6.17. The minimum atomic E-state index is -0.826. The van der Waals surface area contributed by atoms with Crippen molar-refractivity contribution in [3.8, 4) is 0 Å². The minimum absolute atomic E-state index is 0.00616. The molecule has 4 rings (SSSR count). The van der Waals surface area contributed by atoms with Gasteiger partial charge in [0.1, 0.15) is 0 Å². The first-order valence-electron chi connectivity index (χ1n) is 7.86. The Bertz CT molecular complexity index is 760. The van der Waals surface area contributed by atoms with E-state index >= 15 is 0 Å². The van der Waals surface area contributed by atoms with Crippen molar-refractivity contribution in [1.29, 1.82) is 0 Å². The van der Waals surface area contributed by atoms with Gasteiger partial charge in [-0.3, -0.25) is 0 Å². The zero-order valence-electron chi connectivity index (χ0n) is 13.7. The molecule has 0 heterocycles. The molecule has 1 aliphatic rings. The zero-order valence-corrected chi connectivity index (χ0v) is 17.7. The van der Waals surface area contributed by atoms with Crippen LogP contribution in [0.1, 0.15) is 19.4 Å². The van der Waals surface area contributed by atoms with Crippen molar-refractivity contribution >= 4 is 38.6 Å². The van der Waals surface area contributed by atoms with E-state index in [1.54, 1.807) is 0 Å². The molecule has 119 valence electrons. The Labute approximate surface area is 163 Å². The summed E-state index contributed by atoms with van der Waals surface area (Å²) >= 11 is -0.826. The summed E-state index contributed by atoms with van der Waals surface area (Å²) in [5, 5.41) is 5.49. The fraction of sp³-hybridized carbons (Fsp3) is 0.143. The van der Waals surface area contributed by atoms with Gasteiger partial charge in [0.25, 0.3) is 0 Å². The maximum absolute atomic E-state index is 4.93. The Balaban J connectivity index is 0.000000526. The predicted molar refractivity (Wildman–Crippen MR) is 102 cm³/mol. The maximum atomic E-state index is 4.93. The van der Waals surface area contributed by atoms with Crippen molar-refractivity contribution in [2.45, 2.75) is 19.3 Å². The van der Waals surface area contributed by atoms with Crippen molar-refractivity contribution in [2.75, 3.05) is 0 Å². The van der Waals surface area contributed by atoms with Gasteiger partial charge in [-0.1, -0.05) is 50.2 Å². The molecule has 0 aliphatic heterocycles. The van der Waals surface area contributed by atoms with Crippen LogP contribution in [0.3, 0.4) is 0 Å². The van der Waals surface area contributed by atoms with Gasteiger partial charge in [0.05, 0.1) is 0 Å². The summed E-state index contributed by atoms with van der Waals surface area (Å²) in [6.45, 7) is 4.66. The number of fused-ring (bicyclic) bond motifs is 3. The molecule has 0 saturated heterocycles. The average molecular weight is 433 g/mol. The van der Waals surface area contributed by atoms with E-state index in [1.807, 2.05) is 0 Å². The molecule has 3 aromatic carbocycles. The molecule has 1 fully saturated rings. The molecule has 0 spiro atoms. The fourth-order valence-electron chi connectivity index (χ4n) is 3.63. The van der Waals surface area contributed by atoms with Crippen LogP contribution in [0.2, 0.25) is 0 Å². The summed E-state index contributed by atoms with van der Waals surface area (Å²) in [6.07, 6.45) is 8.72. The molecule has 3 heteroatoms. The second kappa shape index (κ2) is 7.98. The number of benzene rings is 2. The van der Waals surface area contributed by atoms with E-state index in [0.29, 0.717) is 0 Å². The van der Waals surface area contributed by atoms with Crippen molar-refractivity contribution in [3.05, 3.63) is 85.7 Å². The van der Waals surface area contributed by atoms with Crippen LogP contribution in [0.4, 0.5) is 0 Å². The van der Waals surface area contributed by atoms with Gasteiger partial charge in [-0.25, -0.2) is 0 Å². The van der Waals surface area contributed by atoms with Crippen molar-refractivity contribution in [2.24, 2.45) is 0 Å². The van der Waals surface area contributed by atoms with Crippen LogP contribution in [0.25, 0.3) is 21.5 Å². The van der Waals surface area contributed by atoms with E-state index in [1.165, 1.54) is 33.0 Å². The summed E-state index contributed by atoms with van der Waals surface area (Å²) < 4.78 is 0. The molecule has 1 aliphatic carbocycles. The Morgan fingerprint density at radius 1 is 0.792 bits per heavy atom. The van der Waals surface area contributed by atoms with E-state index in [-0.39, 0.29) is 5.41 Å². The summed E-state index contributed by atoms with van der Waals surface area (Å²) in [7, 11) is 9.87. The van der Waals surface area contributed by atoms with Crippen molar-refractivity contribution < 1.29 is 20.8 Å². The molecule has 3 aromatic rings. The van der Waals surface area contributed by atoms with Gasteiger partial charge in [0.15, 0.2) is 0 Å². The first kappa shape index (κ1) is 18.6. The first-order chi connectivity index (χ1) is 11.6. The van der Waals surface area contributed by atoms with Crippen LogP contribution in [0.5, 0.6) is 0 Å². The van der Waals surface area contributed by atoms with Crippen LogP contribution >= 0.6 is 17.0 Å². The second-order valence-electron chi connectivity index (χ2n) is 6.34. The van der Waals surface area contributed by atoms with Gasteiger partial charge in [-0.15, -0.1) is 39.2 Å². The fourth-order valence-corrected chi connectivity index (χ4v) is 3.63. The molecule has 0 aromatic heterocycles. The molecule has 0 amide bonds. The Hall–Kier alpha value is -0.227. The molecule has 0 nitrogen and oxygen atoms in total. The molecule has 5 radical (unpaired) electrons. The van der Waals surface area contributed by atoms with E-state index in [4.69, 9.17) is 17.0 Å². The SMILES string of the molecule is CC(C)([C]1[CH][CH][CH][CH]1)[c-]1c2ccccc2c2ccccc21.[Cl][Zr+2][Cl]. The van der Waals surface area contributed by atoms with E-state index in [0.717, 1.165) is 0 Å². The Morgan fingerprint density at radius 2 is 1.21 bits per heavy atom. The zero-order chi connectivity index (χ0) is 17.2. The van der Waals surface area contributed by atoms with E-state index in [2.05, 4.69) is 88.1 Å².